The summed E-state index contributed by atoms with van der Waals surface area (Å²) >= 11 is 0. The molecule has 2 nitrogen and oxygen atoms in total. The summed E-state index contributed by atoms with van der Waals surface area (Å²) < 4.78 is 0. The molecule has 0 unspecified atom stereocenters. The maximum Gasteiger partial charge on any atom is 0.0714 e. The zero-order valence-electron chi connectivity index (χ0n) is 12.6. The predicted molar refractivity (Wildman–Crippen MR) is 91.5 cm³/mol. The fourth-order valence-corrected chi connectivity index (χ4v) is 2.93. The van der Waals surface area contributed by atoms with Crippen molar-refractivity contribution in [2.45, 2.75) is 39.0 Å². The molecule has 0 aliphatic carbocycles. The largest absolute Gasteiger partial charge is 0.398 e. The maximum absolute atomic E-state index is 6.22. The Morgan fingerprint density at radius 3 is 2.67 bits per heavy atom. The number of para-hydroxylation sites is 1. The van der Waals surface area contributed by atoms with Crippen LogP contribution in [0, 0.1) is 0 Å². The molecular formula is C19H22N2. The number of fused-ring (bicyclic) bond motifs is 2. The first kappa shape index (κ1) is 13.9. The van der Waals surface area contributed by atoms with Gasteiger partial charge in [0.15, 0.2) is 0 Å². The normalized spacial score (nSPS) is 11.3. The Bertz CT molecular complexity index is 762. The predicted octanol–water partition coefficient (Wildman–Crippen LogP) is 5.09. The van der Waals surface area contributed by atoms with Crippen LogP contribution in [0.3, 0.4) is 0 Å². The summed E-state index contributed by atoms with van der Waals surface area (Å²) in [5.41, 5.74) is 10.5. The molecule has 3 rings (SSSR count). The molecule has 0 radical (unpaired) electrons. The maximum atomic E-state index is 6.22. The third kappa shape index (κ3) is 2.85. The van der Waals surface area contributed by atoms with Gasteiger partial charge in [0, 0.05) is 16.5 Å². The molecule has 2 N–H and O–H groups in total. The summed E-state index contributed by atoms with van der Waals surface area (Å²) in [5.74, 6) is 0. The van der Waals surface area contributed by atoms with Crippen LogP contribution in [0.25, 0.3) is 21.8 Å². The first-order chi connectivity index (χ1) is 10.3. The molecule has 0 aliphatic heterocycles. The van der Waals surface area contributed by atoms with Crippen LogP contribution in [-0.4, -0.2) is 4.98 Å². The molecule has 0 fully saturated rings. The van der Waals surface area contributed by atoms with Gasteiger partial charge in [0.05, 0.1) is 11.0 Å². The topological polar surface area (TPSA) is 38.9 Å². The van der Waals surface area contributed by atoms with E-state index in [0.717, 1.165) is 23.1 Å². The number of benzene rings is 2. The first-order valence-electron chi connectivity index (χ1n) is 7.86. The highest BCUT2D eigenvalue weighted by Crippen LogP contribution is 2.28. The van der Waals surface area contributed by atoms with Gasteiger partial charge in [-0.2, -0.15) is 0 Å². The van der Waals surface area contributed by atoms with Gasteiger partial charge >= 0.3 is 0 Å². The van der Waals surface area contributed by atoms with Gasteiger partial charge in [0.25, 0.3) is 0 Å². The molecular weight excluding hydrogens is 256 g/mol. The van der Waals surface area contributed by atoms with Crippen LogP contribution >= 0.6 is 0 Å². The van der Waals surface area contributed by atoms with E-state index in [-0.39, 0.29) is 0 Å². The molecule has 0 atom stereocenters. The number of nitrogens with zero attached hydrogens (tertiary/aromatic N) is 1. The van der Waals surface area contributed by atoms with Crippen LogP contribution in [-0.2, 0) is 6.42 Å². The zero-order chi connectivity index (χ0) is 14.7. The first-order valence-corrected chi connectivity index (χ1v) is 7.86. The Morgan fingerprint density at radius 1 is 0.952 bits per heavy atom. The molecule has 2 aromatic carbocycles. The third-order valence-electron chi connectivity index (χ3n) is 4.13. The van der Waals surface area contributed by atoms with Crippen molar-refractivity contribution >= 4 is 27.5 Å². The minimum absolute atomic E-state index is 0.899. The van der Waals surface area contributed by atoms with Gasteiger partial charge < -0.3 is 5.73 Å². The molecule has 0 saturated carbocycles. The van der Waals surface area contributed by atoms with Crippen LogP contribution in [0.4, 0.5) is 5.69 Å². The highest BCUT2D eigenvalue weighted by molar-refractivity contribution is 5.96. The Hall–Kier alpha value is -2.09. The molecule has 1 aromatic heterocycles. The molecule has 0 bridgehead atoms. The van der Waals surface area contributed by atoms with E-state index >= 15 is 0 Å². The fourth-order valence-electron chi connectivity index (χ4n) is 2.93. The van der Waals surface area contributed by atoms with Gasteiger partial charge in [-0.1, -0.05) is 44.4 Å². The van der Waals surface area contributed by atoms with Crippen LogP contribution in [0.1, 0.15) is 38.2 Å². The van der Waals surface area contributed by atoms with Gasteiger partial charge in [0.1, 0.15) is 0 Å². The average Bonchev–Trinajstić information content (AvgIpc) is 2.51. The van der Waals surface area contributed by atoms with Gasteiger partial charge in [-0.3, -0.25) is 0 Å². The number of anilines is 1. The van der Waals surface area contributed by atoms with Crippen molar-refractivity contribution in [3.63, 3.8) is 0 Å². The van der Waals surface area contributed by atoms with E-state index < -0.39 is 0 Å². The van der Waals surface area contributed by atoms with Crippen molar-refractivity contribution in [1.82, 2.24) is 4.98 Å². The van der Waals surface area contributed by atoms with Crippen molar-refractivity contribution < 1.29 is 0 Å². The Labute approximate surface area is 126 Å². The number of aryl methyl sites for hydroxylation is 1. The van der Waals surface area contributed by atoms with E-state index in [9.17, 15) is 0 Å². The smallest absolute Gasteiger partial charge is 0.0714 e. The number of pyridine rings is 1. The minimum atomic E-state index is 0.899. The lowest BCUT2D eigenvalue weighted by molar-refractivity contribution is 0.669. The SMILES string of the molecule is CCCCCCc1c(N)ccc2nc3ccccc3cc12. The molecule has 0 saturated heterocycles. The van der Waals surface area contributed by atoms with Crippen LogP contribution in [0.5, 0.6) is 0 Å². The van der Waals surface area contributed by atoms with Crippen LogP contribution in [0.15, 0.2) is 42.5 Å². The minimum Gasteiger partial charge on any atom is -0.398 e. The molecule has 21 heavy (non-hydrogen) atoms. The number of aromatic nitrogens is 1. The average molecular weight is 278 g/mol. The van der Waals surface area contributed by atoms with E-state index in [1.54, 1.807) is 0 Å². The lowest BCUT2D eigenvalue weighted by Gasteiger charge is -2.11. The van der Waals surface area contributed by atoms with E-state index in [0.29, 0.717) is 0 Å². The Morgan fingerprint density at radius 2 is 1.81 bits per heavy atom. The molecule has 3 aromatic rings. The van der Waals surface area contributed by atoms with Crippen molar-refractivity contribution in [3.8, 4) is 0 Å². The second-order valence-electron chi connectivity index (χ2n) is 5.69. The van der Waals surface area contributed by atoms with Crippen molar-refractivity contribution in [3.05, 3.63) is 48.0 Å². The standard InChI is InChI=1S/C19H22N2/c1-2-3-4-5-9-15-16-13-14-8-6-7-10-18(14)21-19(16)12-11-17(15)20/h6-8,10-13H,2-5,9,20H2,1H3. The van der Waals surface area contributed by atoms with E-state index in [4.69, 9.17) is 10.7 Å². The summed E-state index contributed by atoms with van der Waals surface area (Å²) in [7, 11) is 0. The highest BCUT2D eigenvalue weighted by atomic mass is 14.7. The van der Waals surface area contributed by atoms with E-state index in [2.05, 4.69) is 31.2 Å². The quantitative estimate of drug-likeness (QED) is 0.401. The summed E-state index contributed by atoms with van der Waals surface area (Å²) in [6.07, 6.45) is 6.07. The molecule has 2 heteroatoms. The number of rotatable bonds is 5. The van der Waals surface area contributed by atoms with Crippen molar-refractivity contribution in [2.24, 2.45) is 0 Å². The summed E-state index contributed by atoms with van der Waals surface area (Å²) in [6, 6.07) is 14.5. The zero-order valence-corrected chi connectivity index (χ0v) is 12.6. The summed E-state index contributed by atoms with van der Waals surface area (Å²) in [5, 5.41) is 2.40. The highest BCUT2D eigenvalue weighted by Gasteiger charge is 2.08. The molecule has 1 heterocycles. The Balaban J connectivity index is 2.04. The molecule has 108 valence electrons. The number of hydrogen-bond donors (Lipinski definition) is 1. The molecule has 0 spiro atoms. The number of nitrogens with two attached hydrogens (primary N) is 1. The second-order valence-corrected chi connectivity index (χ2v) is 5.69. The van der Waals surface area contributed by atoms with Gasteiger partial charge in [-0.15, -0.1) is 0 Å². The lowest BCUT2D eigenvalue weighted by atomic mass is 9.98. The second kappa shape index (κ2) is 6.13. The lowest BCUT2D eigenvalue weighted by Crippen LogP contribution is -1.97. The van der Waals surface area contributed by atoms with Crippen LogP contribution < -0.4 is 5.73 Å². The third-order valence-corrected chi connectivity index (χ3v) is 4.13. The van der Waals surface area contributed by atoms with Gasteiger partial charge in [-0.25, -0.2) is 4.98 Å². The molecule has 0 aliphatic rings. The number of hydrogen-bond acceptors (Lipinski definition) is 2. The van der Waals surface area contributed by atoms with Gasteiger partial charge in [-0.05, 0) is 42.7 Å². The monoisotopic (exact) mass is 278 g/mol. The van der Waals surface area contributed by atoms with Gasteiger partial charge in [0.2, 0.25) is 0 Å². The fraction of sp³-hybridized carbons (Fsp3) is 0.316. The number of nitrogen functional groups attached to an aromatic ring is 1. The summed E-state index contributed by atoms with van der Waals surface area (Å²) in [4.78, 5) is 4.77. The summed E-state index contributed by atoms with van der Waals surface area (Å²) in [6.45, 7) is 2.24. The van der Waals surface area contributed by atoms with E-state index in [1.807, 2.05) is 18.2 Å². The molecule has 0 amide bonds. The van der Waals surface area contributed by atoms with Crippen molar-refractivity contribution in [1.29, 1.82) is 0 Å². The van der Waals surface area contributed by atoms with E-state index in [1.165, 1.54) is 42.0 Å². The Kier molecular flexibility index (Phi) is 4.05. The van der Waals surface area contributed by atoms with Crippen LogP contribution in [0.2, 0.25) is 0 Å². The number of unbranched alkanes of at least 4 members (excludes halogenated alkanes) is 3. The van der Waals surface area contributed by atoms with Crippen molar-refractivity contribution in [2.75, 3.05) is 5.73 Å².